The van der Waals surface area contributed by atoms with E-state index >= 15 is 0 Å². The van der Waals surface area contributed by atoms with E-state index in [1.165, 1.54) is 6.20 Å². The average Bonchev–Trinajstić information content (AvgIpc) is 2.50. The van der Waals surface area contributed by atoms with E-state index in [2.05, 4.69) is 24.7 Å². The molecular weight excluding hydrogens is 256 g/mol. The molecule has 6 heteroatoms. The highest BCUT2D eigenvalue weighted by Gasteiger charge is 2.17. The molecule has 0 saturated carbocycles. The van der Waals surface area contributed by atoms with Crippen LogP contribution in [0.1, 0.15) is 24.3 Å². The Morgan fingerprint density at radius 3 is 2.92 bits per heavy atom. The molecule has 72 valence electrons. The minimum Gasteiger partial charge on any atom is -0.459 e. The van der Waals surface area contributed by atoms with Crippen LogP contribution in [-0.2, 0) is 4.74 Å². The van der Waals surface area contributed by atoms with Gasteiger partial charge in [0.1, 0.15) is 6.61 Å². The molecule has 0 amide bonds. The van der Waals surface area contributed by atoms with Crippen molar-refractivity contribution in [2.75, 3.05) is 6.61 Å². The normalized spacial score (nSPS) is 11.3. The van der Waals surface area contributed by atoms with Gasteiger partial charge in [-0.3, -0.25) is 0 Å². The first kappa shape index (κ1) is 10.6. The topological polar surface area (TPSA) is 52.1 Å². The Morgan fingerprint density at radius 1 is 1.77 bits per heavy atom. The quantitative estimate of drug-likeness (QED) is 0.618. The van der Waals surface area contributed by atoms with Gasteiger partial charge in [-0.15, -0.1) is 0 Å². The highest BCUT2D eigenvalue weighted by Crippen LogP contribution is 2.16. The molecule has 0 aliphatic carbocycles. The molecule has 0 unspecified atom stereocenters. The number of rotatable bonds is 3. The SMILES string of the molecule is CC(C)(Br)COC(=O)c1cnsn1. The van der Waals surface area contributed by atoms with Crippen molar-refractivity contribution in [2.45, 2.75) is 18.2 Å². The molecule has 0 radical (unpaired) electrons. The van der Waals surface area contributed by atoms with Gasteiger partial charge in [0, 0.05) is 0 Å². The van der Waals surface area contributed by atoms with Crippen molar-refractivity contribution in [3.63, 3.8) is 0 Å². The van der Waals surface area contributed by atoms with Crippen molar-refractivity contribution in [1.82, 2.24) is 8.75 Å². The summed E-state index contributed by atoms with van der Waals surface area (Å²) in [6, 6.07) is 0. The number of aromatic nitrogens is 2. The van der Waals surface area contributed by atoms with Gasteiger partial charge < -0.3 is 4.74 Å². The summed E-state index contributed by atoms with van der Waals surface area (Å²) in [6.45, 7) is 4.14. The molecule has 4 nitrogen and oxygen atoms in total. The fraction of sp³-hybridized carbons (Fsp3) is 0.571. The van der Waals surface area contributed by atoms with Gasteiger partial charge in [0.05, 0.1) is 22.2 Å². The molecule has 1 aromatic rings. The number of hydrogen-bond acceptors (Lipinski definition) is 5. The van der Waals surface area contributed by atoms with Gasteiger partial charge in [0.25, 0.3) is 0 Å². The van der Waals surface area contributed by atoms with Crippen LogP contribution in [0.15, 0.2) is 6.20 Å². The van der Waals surface area contributed by atoms with Gasteiger partial charge in [-0.05, 0) is 13.8 Å². The van der Waals surface area contributed by atoms with Gasteiger partial charge in [0.2, 0.25) is 0 Å². The number of carbonyl (C=O) groups excluding carboxylic acids is 1. The van der Waals surface area contributed by atoms with Crippen molar-refractivity contribution in [3.05, 3.63) is 11.9 Å². The Kier molecular flexibility index (Phi) is 3.38. The predicted molar refractivity (Wildman–Crippen MR) is 53.2 cm³/mol. The molecule has 13 heavy (non-hydrogen) atoms. The van der Waals surface area contributed by atoms with E-state index in [9.17, 15) is 4.79 Å². The molecule has 0 bridgehead atoms. The van der Waals surface area contributed by atoms with Crippen LogP contribution in [0.25, 0.3) is 0 Å². The Hall–Kier alpha value is -0.490. The lowest BCUT2D eigenvalue weighted by atomic mass is 10.2. The third-order valence-electron chi connectivity index (χ3n) is 1.12. The molecule has 0 saturated heterocycles. The molecule has 1 heterocycles. The summed E-state index contributed by atoms with van der Waals surface area (Å²) < 4.78 is 12.2. The van der Waals surface area contributed by atoms with Crippen LogP contribution in [0.5, 0.6) is 0 Å². The van der Waals surface area contributed by atoms with Crippen LogP contribution in [0, 0.1) is 0 Å². The predicted octanol–water partition coefficient (Wildman–Crippen LogP) is 1.87. The van der Waals surface area contributed by atoms with Crippen molar-refractivity contribution in [2.24, 2.45) is 0 Å². The monoisotopic (exact) mass is 264 g/mol. The maximum Gasteiger partial charge on any atom is 0.359 e. The van der Waals surface area contributed by atoms with Crippen LogP contribution in [0.2, 0.25) is 0 Å². The highest BCUT2D eigenvalue weighted by molar-refractivity contribution is 9.10. The molecule has 0 aromatic carbocycles. The van der Waals surface area contributed by atoms with Gasteiger partial charge in [0.15, 0.2) is 5.69 Å². The zero-order valence-electron chi connectivity index (χ0n) is 7.28. The summed E-state index contributed by atoms with van der Waals surface area (Å²) in [7, 11) is 0. The summed E-state index contributed by atoms with van der Waals surface area (Å²) in [5.41, 5.74) is 0.266. The Bertz CT molecular complexity index is 281. The Labute approximate surface area is 88.8 Å². The van der Waals surface area contributed by atoms with Gasteiger partial charge in [-0.25, -0.2) is 4.79 Å². The van der Waals surface area contributed by atoms with E-state index in [4.69, 9.17) is 4.74 Å². The number of alkyl halides is 1. The third-order valence-corrected chi connectivity index (χ3v) is 1.82. The van der Waals surface area contributed by atoms with E-state index in [0.717, 1.165) is 11.7 Å². The fourth-order valence-electron chi connectivity index (χ4n) is 0.566. The number of halogens is 1. The van der Waals surface area contributed by atoms with Crippen LogP contribution < -0.4 is 0 Å². The van der Waals surface area contributed by atoms with Crippen LogP contribution in [0.3, 0.4) is 0 Å². The van der Waals surface area contributed by atoms with Crippen molar-refractivity contribution < 1.29 is 9.53 Å². The minimum atomic E-state index is -0.429. The number of ether oxygens (including phenoxy) is 1. The summed E-state index contributed by atoms with van der Waals surface area (Å²) in [6.07, 6.45) is 1.40. The fourth-order valence-corrected chi connectivity index (χ4v) is 1.08. The number of hydrogen-bond donors (Lipinski definition) is 0. The van der Waals surface area contributed by atoms with E-state index in [1.54, 1.807) is 0 Å². The first-order chi connectivity index (χ1) is 5.99. The molecular formula is C7H9BrN2O2S. The Balaban J connectivity index is 2.44. The first-order valence-corrected chi connectivity index (χ1v) is 5.15. The molecule has 1 rings (SSSR count). The largest absolute Gasteiger partial charge is 0.459 e. The molecule has 0 aliphatic rings. The standard InChI is InChI=1S/C7H9BrN2O2S/c1-7(2,8)4-12-6(11)5-3-9-13-10-5/h3H,4H2,1-2H3. The zero-order valence-corrected chi connectivity index (χ0v) is 9.68. The van der Waals surface area contributed by atoms with Crippen molar-refractivity contribution in [1.29, 1.82) is 0 Å². The summed E-state index contributed by atoms with van der Waals surface area (Å²) >= 11 is 4.35. The first-order valence-electron chi connectivity index (χ1n) is 3.63. The van der Waals surface area contributed by atoms with Gasteiger partial charge in [-0.2, -0.15) is 8.75 Å². The van der Waals surface area contributed by atoms with Crippen molar-refractivity contribution >= 4 is 33.6 Å². The average molecular weight is 265 g/mol. The molecule has 0 atom stereocenters. The smallest absolute Gasteiger partial charge is 0.359 e. The summed E-state index contributed by atoms with van der Waals surface area (Å²) in [4.78, 5) is 11.2. The van der Waals surface area contributed by atoms with Crippen molar-refractivity contribution in [3.8, 4) is 0 Å². The summed E-state index contributed by atoms with van der Waals surface area (Å²) in [5.74, 6) is -0.429. The van der Waals surface area contributed by atoms with E-state index in [-0.39, 0.29) is 10.0 Å². The Morgan fingerprint density at radius 2 is 2.46 bits per heavy atom. The number of esters is 1. The molecule has 0 spiro atoms. The highest BCUT2D eigenvalue weighted by atomic mass is 79.9. The van der Waals surface area contributed by atoms with Crippen LogP contribution >= 0.6 is 27.7 Å². The molecule has 1 aromatic heterocycles. The second-order valence-electron chi connectivity index (χ2n) is 3.09. The molecule has 0 N–H and O–H groups in total. The third kappa shape index (κ3) is 3.82. The lowest BCUT2D eigenvalue weighted by molar-refractivity contribution is 0.0475. The maximum absolute atomic E-state index is 11.2. The van der Waals surface area contributed by atoms with E-state index in [1.807, 2.05) is 13.8 Å². The van der Waals surface area contributed by atoms with E-state index < -0.39 is 5.97 Å². The molecule has 0 aliphatic heterocycles. The lowest BCUT2D eigenvalue weighted by Gasteiger charge is -2.14. The minimum absolute atomic E-state index is 0.202. The zero-order chi connectivity index (χ0) is 9.90. The summed E-state index contributed by atoms with van der Waals surface area (Å²) in [5, 5.41) is 0. The molecule has 0 fully saturated rings. The number of nitrogens with zero attached hydrogens (tertiary/aromatic N) is 2. The second kappa shape index (κ2) is 4.15. The van der Waals surface area contributed by atoms with Gasteiger partial charge >= 0.3 is 5.97 Å². The van der Waals surface area contributed by atoms with Crippen LogP contribution in [-0.4, -0.2) is 25.6 Å². The second-order valence-corrected chi connectivity index (χ2v) is 5.79. The van der Waals surface area contributed by atoms with Gasteiger partial charge in [-0.1, -0.05) is 15.9 Å². The maximum atomic E-state index is 11.2. The lowest BCUT2D eigenvalue weighted by Crippen LogP contribution is -2.21. The van der Waals surface area contributed by atoms with Crippen LogP contribution in [0.4, 0.5) is 0 Å². The van der Waals surface area contributed by atoms with E-state index in [0.29, 0.717) is 6.61 Å². The number of carbonyl (C=O) groups is 1.